The van der Waals surface area contributed by atoms with Crippen LogP contribution in [0, 0.1) is 11.3 Å². The molecule has 0 radical (unpaired) electrons. The van der Waals surface area contributed by atoms with E-state index in [-0.39, 0.29) is 0 Å². The summed E-state index contributed by atoms with van der Waals surface area (Å²) in [5.74, 6) is 3.34. The Morgan fingerprint density at radius 2 is 2.08 bits per heavy atom. The molecular formula is C11H23NS. The fraction of sp³-hybridized carbons (Fsp3) is 1.00. The number of hydrogen-bond acceptors (Lipinski definition) is 2. The Kier molecular flexibility index (Phi) is 4.11. The van der Waals surface area contributed by atoms with Gasteiger partial charge in [-0.2, -0.15) is 11.8 Å². The first-order chi connectivity index (χ1) is 5.99. The smallest absolute Gasteiger partial charge is 0.00828 e. The van der Waals surface area contributed by atoms with Gasteiger partial charge in [-0.1, -0.05) is 20.8 Å². The highest BCUT2D eigenvalue weighted by molar-refractivity contribution is 7.99. The van der Waals surface area contributed by atoms with Crippen LogP contribution in [0.15, 0.2) is 0 Å². The molecule has 1 saturated heterocycles. The standard InChI is InChI=1S/C11H23NS/c1-11(2,3)6-4-9-8-13-7-5-10(9)12/h9-10H,4-8,12H2,1-3H3. The van der Waals surface area contributed by atoms with Gasteiger partial charge in [-0.25, -0.2) is 0 Å². The molecule has 1 rings (SSSR count). The summed E-state index contributed by atoms with van der Waals surface area (Å²) in [7, 11) is 0. The van der Waals surface area contributed by atoms with E-state index in [1.54, 1.807) is 0 Å². The van der Waals surface area contributed by atoms with Crippen molar-refractivity contribution in [2.45, 2.75) is 46.1 Å². The van der Waals surface area contributed by atoms with E-state index in [1.165, 1.54) is 30.8 Å². The van der Waals surface area contributed by atoms with Crippen molar-refractivity contribution in [3.63, 3.8) is 0 Å². The number of rotatable bonds is 2. The quantitative estimate of drug-likeness (QED) is 0.743. The first-order valence-corrected chi connectivity index (χ1v) is 6.48. The number of nitrogens with two attached hydrogens (primary N) is 1. The van der Waals surface area contributed by atoms with Crippen LogP contribution in [0.4, 0.5) is 0 Å². The van der Waals surface area contributed by atoms with Crippen molar-refractivity contribution in [1.82, 2.24) is 0 Å². The van der Waals surface area contributed by atoms with Gasteiger partial charge >= 0.3 is 0 Å². The van der Waals surface area contributed by atoms with E-state index in [4.69, 9.17) is 5.73 Å². The normalized spacial score (nSPS) is 30.5. The summed E-state index contributed by atoms with van der Waals surface area (Å²) in [5.41, 5.74) is 6.57. The van der Waals surface area contributed by atoms with Crippen LogP contribution < -0.4 is 5.73 Å². The molecule has 2 unspecified atom stereocenters. The van der Waals surface area contributed by atoms with Crippen molar-refractivity contribution in [3.8, 4) is 0 Å². The van der Waals surface area contributed by atoms with Crippen LogP contribution in [-0.4, -0.2) is 17.5 Å². The highest BCUT2D eigenvalue weighted by Gasteiger charge is 2.23. The van der Waals surface area contributed by atoms with Crippen molar-refractivity contribution in [3.05, 3.63) is 0 Å². The van der Waals surface area contributed by atoms with Crippen LogP contribution in [0.2, 0.25) is 0 Å². The lowest BCUT2D eigenvalue weighted by atomic mass is 9.84. The first-order valence-electron chi connectivity index (χ1n) is 5.32. The van der Waals surface area contributed by atoms with E-state index in [0.717, 1.165) is 5.92 Å². The molecular weight excluding hydrogens is 178 g/mol. The lowest BCUT2D eigenvalue weighted by Crippen LogP contribution is -2.36. The summed E-state index contributed by atoms with van der Waals surface area (Å²) in [4.78, 5) is 0. The van der Waals surface area contributed by atoms with E-state index >= 15 is 0 Å². The van der Waals surface area contributed by atoms with Crippen LogP contribution in [0.3, 0.4) is 0 Å². The molecule has 0 aromatic heterocycles. The van der Waals surface area contributed by atoms with E-state index in [2.05, 4.69) is 32.5 Å². The maximum Gasteiger partial charge on any atom is 0.00828 e. The van der Waals surface area contributed by atoms with Gasteiger partial charge in [0, 0.05) is 6.04 Å². The molecule has 2 N–H and O–H groups in total. The predicted molar refractivity (Wildman–Crippen MR) is 62.1 cm³/mol. The molecule has 1 heterocycles. The molecule has 0 aromatic rings. The van der Waals surface area contributed by atoms with E-state index in [0.29, 0.717) is 11.5 Å². The van der Waals surface area contributed by atoms with Gasteiger partial charge < -0.3 is 5.73 Å². The van der Waals surface area contributed by atoms with Gasteiger partial charge in [-0.15, -0.1) is 0 Å². The number of hydrogen-bond donors (Lipinski definition) is 1. The summed E-state index contributed by atoms with van der Waals surface area (Å²) in [6, 6.07) is 0.476. The summed E-state index contributed by atoms with van der Waals surface area (Å²) in [6.07, 6.45) is 3.85. The molecule has 13 heavy (non-hydrogen) atoms. The van der Waals surface area contributed by atoms with Crippen LogP contribution in [0.25, 0.3) is 0 Å². The Labute approximate surface area is 86.8 Å². The molecule has 1 aliphatic rings. The molecule has 1 fully saturated rings. The largest absolute Gasteiger partial charge is 0.327 e. The third-order valence-corrected chi connectivity index (χ3v) is 3.99. The Morgan fingerprint density at radius 1 is 1.38 bits per heavy atom. The van der Waals surface area contributed by atoms with Crippen molar-refractivity contribution >= 4 is 11.8 Å². The zero-order valence-corrected chi connectivity index (χ0v) is 9.99. The third-order valence-electron chi connectivity index (χ3n) is 2.80. The van der Waals surface area contributed by atoms with Gasteiger partial charge in [0.15, 0.2) is 0 Å². The van der Waals surface area contributed by atoms with Crippen molar-refractivity contribution in [2.75, 3.05) is 11.5 Å². The van der Waals surface area contributed by atoms with Crippen LogP contribution in [0.1, 0.15) is 40.0 Å². The molecule has 0 saturated carbocycles. The van der Waals surface area contributed by atoms with Crippen molar-refractivity contribution < 1.29 is 0 Å². The molecule has 78 valence electrons. The lowest BCUT2D eigenvalue weighted by molar-refractivity contribution is 0.306. The third kappa shape index (κ3) is 4.37. The fourth-order valence-electron chi connectivity index (χ4n) is 1.73. The zero-order valence-electron chi connectivity index (χ0n) is 9.18. The van der Waals surface area contributed by atoms with E-state index < -0.39 is 0 Å². The topological polar surface area (TPSA) is 26.0 Å². The minimum atomic E-state index is 0.474. The zero-order chi connectivity index (χ0) is 9.90. The fourth-order valence-corrected chi connectivity index (χ4v) is 3.05. The second-order valence-corrected chi connectivity index (χ2v) is 6.54. The molecule has 1 nitrogen and oxygen atoms in total. The summed E-state index contributed by atoms with van der Waals surface area (Å²) >= 11 is 2.08. The van der Waals surface area contributed by atoms with Gasteiger partial charge in [0.1, 0.15) is 0 Å². The molecule has 0 amide bonds. The van der Waals surface area contributed by atoms with Gasteiger partial charge in [-0.3, -0.25) is 0 Å². The number of thioether (sulfide) groups is 1. The van der Waals surface area contributed by atoms with E-state index in [9.17, 15) is 0 Å². The molecule has 0 spiro atoms. The Hall–Kier alpha value is 0.310. The Morgan fingerprint density at radius 3 is 2.62 bits per heavy atom. The highest BCUT2D eigenvalue weighted by Crippen LogP contribution is 2.30. The van der Waals surface area contributed by atoms with Crippen molar-refractivity contribution in [1.29, 1.82) is 0 Å². The summed E-state index contributed by atoms with van der Waals surface area (Å²) in [6.45, 7) is 6.94. The monoisotopic (exact) mass is 201 g/mol. The van der Waals surface area contributed by atoms with Crippen LogP contribution >= 0.6 is 11.8 Å². The molecule has 0 aliphatic carbocycles. The van der Waals surface area contributed by atoms with E-state index in [1.807, 2.05) is 0 Å². The van der Waals surface area contributed by atoms with Gasteiger partial charge in [-0.05, 0) is 42.1 Å². The molecule has 2 atom stereocenters. The minimum Gasteiger partial charge on any atom is -0.327 e. The van der Waals surface area contributed by atoms with Gasteiger partial charge in [0.25, 0.3) is 0 Å². The lowest BCUT2D eigenvalue weighted by Gasteiger charge is -2.30. The highest BCUT2D eigenvalue weighted by atomic mass is 32.2. The van der Waals surface area contributed by atoms with Crippen molar-refractivity contribution in [2.24, 2.45) is 17.1 Å². The Bertz CT molecular complexity index is 151. The molecule has 2 heteroatoms. The minimum absolute atomic E-state index is 0.474. The van der Waals surface area contributed by atoms with Gasteiger partial charge in [0.05, 0.1) is 0 Å². The van der Waals surface area contributed by atoms with Crippen LogP contribution in [-0.2, 0) is 0 Å². The first kappa shape index (κ1) is 11.4. The summed E-state index contributed by atoms with van der Waals surface area (Å²) in [5, 5.41) is 0. The summed E-state index contributed by atoms with van der Waals surface area (Å²) < 4.78 is 0. The predicted octanol–water partition coefficient (Wildman–Crippen LogP) is 2.89. The molecule has 1 aliphatic heterocycles. The van der Waals surface area contributed by atoms with Crippen LogP contribution in [0.5, 0.6) is 0 Å². The average Bonchev–Trinajstić information content (AvgIpc) is 2.01. The second-order valence-electron chi connectivity index (χ2n) is 5.39. The SMILES string of the molecule is CC(C)(C)CCC1CSCCC1N. The molecule has 0 bridgehead atoms. The Balaban J connectivity index is 2.27. The average molecular weight is 201 g/mol. The van der Waals surface area contributed by atoms with Gasteiger partial charge in [0.2, 0.25) is 0 Å². The maximum absolute atomic E-state index is 6.09. The molecule has 0 aromatic carbocycles. The second kappa shape index (κ2) is 4.70. The maximum atomic E-state index is 6.09.